The van der Waals surface area contributed by atoms with Crippen molar-refractivity contribution in [1.29, 1.82) is 0 Å². The Labute approximate surface area is 120 Å². The predicted octanol–water partition coefficient (Wildman–Crippen LogP) is 2.03. The standard InChI is InChI=1S/C14H21FN2O2S/c1-3-16-10-12-9-13(8-11(2)14(12)15)20(18,19)17-6-4-5-7-17/h8-9,16H,3-7,10H2,1-2H3. The Morgan fingerprint density at radius 1 is 1.30 bits per heavy atom. The molecule has 1 aromatic carbocycles. The van der Waals surface area contributed by atoms with E-state index in [1.165, 1.54) is 16.4 Å². The molecule has 1 aromatic rings. The highest BCUT2D eigenvalue weighted by molar-refractivity contribution is 7.89. The maximum absolute atomic E-state index is 14.0. The lowest BCUT2D eigenvalue weighted by Gasteiger charge is -2.17. The van der Waals surface area contributed by atoms with Gasteiger partial charge in [0.25, 0.3) is 0 Å². The van der Waals surface area contributed by atoms with Crippen LogP contribution in [0.4, 0.5) is 4.39 Å². The molecule has 0 radical (unpaired) electrons. The van der Waals surface area contributed by atoms with Crippen LogP contribution in [0.5, 0.6) is 0 Å². The molecular formula is C14H21FN2O2S. The molecule has 2 rings (SSSR count). The molecule has 1 fully saturated rings. The van der Waals surface area contributed by atoms with Crippen molar-refractivity contribution in [3.05, 3.63) is 29.1 Å². The van der Waals surface area contributed by atoms with Crippen molar-refractivity contribution in [2.45, 2.75) is 38.1 Å². The number of benzene rings is 1. The van der Waals surface area contributed by atoms with Gasteiger partial charge in [-0.05, 0) is 44.0 Å². The quantitative estimate of drug-likeness (QED) is 0.905. The molecule has 0 aromatic heterocycles. The molecule has 0 saturated carbocycles. The Morgan fingerprint density at radius 3 is 2.55 bits per heavy atom. The average Bonchev–Trinajstić information content (AvgIpc) is 2.94. The summed E-state index contributed by atoms with van der Waals surface area (Å²) in [7, 11) is -3.49. The van der Waals surface area contributed by atoms with E-state index >= 15 is 0 Å². The second-order valence-corrected chi connectivity index (χ2v) is 7.04. The molecule has 0 bridgehead atoms. The van der Waals surface area contributed by atoms with Crippen LogP contribution in [0, 0.1) is 12.7 Å². The normalized spacial score (nSPS) is 16.8. The van der Waals surface area contributed by atoms with Crippen molar-refractivity contribution < 1.29 is 12.8 Å². The molecule has 112 valence electrons. The van der Waals surface area contributed by atoms with Crippen molar-refractivity contribution in [3.8, 4) is 0 Å². The SMILES string of the molecule is CCNCc1cc(S(=O)(=O)N2CCCC2)cc(C)c1F. The van der Waals surface area contributed by atoms with Gasteiger partial charge < -0.3 is 5.32 Å². The maximum atomic E-state index is 14.0. The number of sulfonamides is 1. The van der Waals surface area contributed by atoms with Gasteiger partial charge in [0.1, 0.15) is 5.82 Å². The molecule has 1 N–H and O–H groups in total. The van der Waals surface area contributed by atoms with E-state index in [9.17, 15) is 12.8 Å². The molecule has 0 spiro atoms. The summed E-state index contributed by atoms with van der Waals surface area (Å²) < 4.78 is 40.5. The van der Waals surface area contributed by atoms with E-state index in [1.807, 2.05) is 6.92 Å². The Hall–Kier alpha value is -0.980. The zero-order valence-corrected chi connectivity index (χ0v) is 12.8. The fraction of sp³-hybridized carbons (Fsp3) is 0.571. The summed E-state index contributed by atoms with van der Waals surface area (Å²) in [5.41, 5.74) is 0.780. The fourth-order valence-electron chi connectivity index (χ4n) is 2.42. The Balaban J connectivity index is 2.38. The minimum Gasteiger partial charge on any atom is -0.313 e. The summed E-state index contributed by atoms with van der Waals surface area (Å²) >= 11 is 0. The van der Waals surface area contributed by atoms with Crippen LogP contribution in [0.25, 0.3) is 0 Å². The third kappa shape index (κ3) is 3.02. The second-order valence-electron chi connectivity index (χ2n) is 5.10. The van der Waals surface area contributed by atoms with Crippen molar-refractivity contribution >= 4 is 10.0 Å². The van der Waals surface area contributed by atoms with Gasteiger partial charge in [0.05, 0.1) is 4.90 Å². The Bertz CT molecular complexity index is 581. The number of halogens is 1. The third-order valence-corrected chi connectivity index (χ3v) is 5.45. The summed E-state index contributed by atoms with van der Waals surface area (Å²) in [5.74, 6) is -0.327. The van der Waals surface area contributed by atoms with Crippen molar-refractivity contribution in [2.75, 3.05) is 19.6 Å². The van der Waals surface area contributed by atoms with Crippen LogP contribution < -0.4 is 5.32 Å². The van der Waals surface area contributed by atoms with E-state index in [2.05, 4.69) is 5.32 Å². The van der Waals surface area contributed by atoms with Crippen LogP contribution in [0.3, 0.4) is 0 Å². The molecule has 1 aliphatic rings. The van der Waals surface area contributed by atoms with E-state index in [-0.39, 0.29) is 10.7 Å². The van der Waals surface area contributed by atoms with Crippen LogP contribution in [0.1, 0.15) is 30.9 Å². The largest absolute Gasteiger partial charge is 0.313 e. The Kier molecular flexibility index (Phi) is 4.78. The summed E-state index contributed by atoms with van der Waals surface area (Å²) in [6.07, 6.45) is 1.79. The predicted molar refractivity (Wildman–Crippen MR) is 76.5 cm³/mol. The third-order valence-electron chi connectivity index (χ3n) is 3.57. The molecule has 0 amide bonds. The number of hydrogen-bond acceptors (Lipinski definition) is 3. The van der Waals surface area contributed by atoms with E-state index in [0.29, 0.717) is 37.3 Å². The lowest BCUT2D eigenvalue weighted by Crippen LogP contribution is -2.28. The molecule has 1 aliphatic heterocycles. The molecular weight excluding hydrogens is 279 g/mol. The minimum atomic E-state index is -3.49. The Morgan fingerprint density at radius 2 is 1.95 bits per heavy atom. The van der Waals surface area contributed by atoms with E-state index in [0.717, 1.165) is 12.8 Å². The van der Waals surface area contributed by atoms with Gasteiger partial charge in [-0.25, -0.2) is 12.8 Å². The summed E-state index contributed by atoms with van der Waals surface area (Å²) in [4.78, 5) is 0.200. The van der Waals surface area contributed by atoms with Gasteiger partial charge in [-0.3, -0.25) is 0 Å². The van der Waals surface area contributed by atoms with Crippen LogP contribution in [-0.4, -0.2) is 32.4 Å². The van der Waals surface area contributed by atoms with Crippen molar-refractivity contribution in [2.24, 2.45) is 0 Å². The molecule has 0 atom stereocenters. The maximum Gasteiger partial charge on any atom is 0.243 e. The van der Waals surface area contributed by atoms with Crippen LogP contribution >= 0.6 is 0 Å². The molecule has 0 unspecified atom stereocenters. The number of hydrogen-bond donors (Lipinski definition) is 1. The molecule has 6 heteroatoms. The van der Waals surface area contributed by atoms with Crippen LogP contribution in [0.15, 0.2) is 17.0 Å². The van der Waals surface area contributed by atoms with E-state index in [1.54, 1.807) is 6.92 Å². The molecule has 1 heterocycles. The smallest absolute Gasteiger partial charge is 0.243 e. The first-order chi connectivity index (χ1) is 9.46. The van der Waals surface area contributed by atoms with Crippen LogP contribution in [-0.2, 0) is 16.6 Å². The molecule has 0 aliphatic carbocycles. The monoisotopic (exact) mass is 300 g/mol. The van der Waals surface area contributed by atoms with Gasteiger partial charge >= 0.3 is 0 Å². The topological polar surface area (TPSA) is 49.4 Å². The average molecular weight is 300 g/mol. The first-order valence-corrected chi connectivity index (χ1v) is 8.40. The van der Waals surface area contributed by atoms with Gasteiger partial charge in [-0.1, -0.05) is 6.92 Å². The molecule has 20 heavy (non-hydrogen) atoms. The highest BCUT2D eigenvalue weighted by Crippen LogP contribution is 2.24. The second kappa shape index (κ2) is 6.20. The van der Waals surface area contributed by atoms with Crippen LogP contribution in [0.2, 0.25) is 0 Å². The highest BCUT2D eigenvalue weighted by Gasteiger charge is 2.28. The minimum absolute atomic E-state index is 0.200. The first kappa shape index (κ1) is 15.4. The molecule has 4 nitrogen and oxygen atoms in total. The number of nitrogens with zero attached hydrogens (tertiary/aromatic N) is 1. The lowest BCUT2D eigenvalue weighted by molar-refractivity contribution is 0.476. The zero-order chi connectivity index (χ0) is 14.8. The van der Waals surface area contributed by atoms with E-state index in [4.69, 9.17) is 0 Å². The van der Waals surface area contributed by atoms with Gasteiger partial charge in [0.15, 0.2) is 0 Å². The number of aryl methyl sites for hydroxylation is 1. The fourth-order valence-corrected chi connectivity index (χ4v) is 4.08. The summed E-state index contributed by atoms with van der Waals surface area (Å²) in [6.45, 7) is 5.69. The van der Waals surface area contributed by atoms with Gasteiger partial charge in [-0.2, -0.15) is 4.31 Å². The van der Waals surface area contributed by atoms with Crippen molar-refractivity contribution in [1.82, 2.24) is 9.62 Å². The summed E-state index contributed by atoms with van der Waals surface area (Å²) in [6, 6.07) is 2.89. The van der Waals surface area contributed by atoms with Gasteiger partial charge in [0.2, 0.25) is 10.0 Å². The van der Waals surface area contributed by atoms with E-state index < -0.39 is 10.0 Å². The van der Waals surface area contributed by atoms with Gasteiger partial charge in [0, 0.05) is 25.2 Å². The van der Waals surface area contributed by atoms with Gasteiger partial charge in [-0.15, -0.1) is 0 Å². The number of nitrogens with one attached hydrogen (secondary N) is 1. The molecule has 1 saturated heterocycles. The first-order valence-electron chi connectivity index (χ1n) is 6.96. The zero-order valence-electron chi connectivity index (χ0n) is 11.9. The number of rotatable bonds is 5. The summed E-state index contributed by atoms with van der Waals surface area (Å²) in [5, 5.41) is 3.03. The lowest BCUT2D eigenvalue weighted by atomic mass is 10.1. The van der Waals surface area contributed by atoms with Crippen molar-refractivity contribution in [3.63, 3.8) is 0 Å². The highest BCUT2D eigenvalue weighted by atomic mass is 32.2.